The molecular weight excluding hydrogens is 268 g/mol. The van der Waals surface area contributed by atoms with Crippen LogP contribution in [0.1, 0.15) is 18.6 Å². The van der Waals surface area contributed by atoms with Gasteiger partial charge in [-0.2, -0.15) is 0 Å². The molecule has 6 nitrogen and oxygen atoms in total. The Morgan fingerprint density at radius 2 is 2.21 bits per heavy atom. The van der Waals surface area contributed by atoms with E-state index in [-0.39, 0.29) is 17.2 Å². The first-order chi connectivity index (χ1) is 9.01. The van der Waals surface area contributed by atoms with E-state index in [2.05, 4.69) is 9.71 Å². The number of sulfonamides is 1. The molecule has 1 aromatic carbocycles. The van der Waals surface area contributed by atoms with Crippen LogP contribution in [0.3, 0.4) is 0 Å². The fourth-order valence-electron chi connectivity index (χ4n) is 1.48. The van der Waals surface area contributed by atoms with E-state index in [1.54, 1.807) is 6.20 Å². The average molecular weight is 282 g/mol. The zero-order valence-electron chi connectivity index (χ0n) is 10.3. The first-order valence-electron chi connectivity index (χ1n) is 5.73. The van der Waals surface area contributed by atoms with Crippen LogP contribution in [0.5, 0.6) is 5.75 Å². The zero-order chi connectivity index (χ0) is 13.9. The van der Waals surface area contributed by atoms with Crippen molar-refractivity contribution in [2.24, 2.45) is 0 Å². The number of benzene rings is 1. The molecule has 0 aliphatic heterocycles. The number of aromatic hydroxyl groups is 1. The molecule has 2 rings (SSSR count). The lowest BCUT2D eigenvalue weighted by molar-refractivity contribution is 0.452. The molecule has 0 spiro atoms. The van der Waals surface area contributed by atoms with Gasteiger partial charge in [-0.25, -0.2) is 18.1 Å². The summed E-state index contributed by atoms with van der Waals surface area (Å²) >= 11 is 0. The molecule has 0 amide bonds. The van der Waals surface area contributed by atoms with Gasteiger partial charge in [-0.3, -0.25) is 0 Å². The van der Waals surface area contributed by atoms with E-state index in [9.17, 15) is 13.5 Å². The highest BCUT2D eigenvalue weighted by Crippen LogP contribution is 2.16. The van der Waals surface area contributed by atoms with Crippen molar-refractivity contribution in [3.8, 4) is 5.75 Å². The summed E-state index contributed by atoms with van der Waals surface area (Å²) in [6.45, 7) is 1.89. The van der Waals surface area contributed by atoms with E-state index >= 15 is 0 Å². The average Bonchev–Trinajstić information content (AvgIpc) is 2.84. The van der Waals surface area contributed by atoms with Gasteiger partial charge < -0.3 is 9.52 Å². The maximum Gasteiger partial charge on any atom is 0.241 e. The van der Waals surface area contributed by atoms with E-state index in [1.165, 1.54) is 24.3 Å². The lowest BCUT2D eigenvalue weighted by atomic mass is 10.3. The van der Waals surface area contributed by atoms with E-state index in [1.807, 2.05) is 6.92 Å². The number of hydrogen-bond donors (Lipinski definition) is 2. The normalized spacial score (nSPS) is 11.6. The molecule has 2 aromatic rings. The highest BCUT2D eigenvalue weighted by Gasteiger charge is 2.15. The summed E-state index contributed by atoms with van der Waals surface area (Å²) in [5.74, 6) is 0.902. The van der Waals surface area contributed by atoms with Gasteiger partial charge in [0.25, 0.3) is 0 Å². The minimum absolute atomic E-state index is 0.00484. The second kappa shape index (κ2) is 5.41. The number of phenols is 1. The summed E-state index contributed by atoms with van der Waals surface area (Å²) in [6, 6.07) is 5.44. The van der Waals surface area contributed by atoms with Gasteiger partial charge in [0.15, 0.2) is 0 Å². The van der Waals surface area contributed by atoms with Crippen LogP contribution in [0, 0.1) is 0 Å². The van der Waals surface area contributed by atoms with Crippen molar-refractivity contribution in [1.29, 1.82) is 0 Å². The maximum absolute atomic E-state index is 11.9. The highest BCUT2D eigenvalue weighted by molar-refractivity contribution is 7.89. The van der Waals surface area contributed by atoms with E-state index < -0.39 is 10.0 Å². The molecule has 0 atom stereocenters. The molecule has 0 radical (unpaired) electrons. The number of aromatic nitrogens is 1. The number of hydrogen-bond acceptors (Lipinski definition) is 5. The van der Waals surface area contributed by atoms with Gasteiger partial charge in [-0.15, -0.1) is 0 Å². The standard InChI is InChI=1S/C12H14N2O4S/c1-2-10-7-13-12(18-10)8-14-19(16,17)11-5-3-4-9(15)6-11/h3-7,14-15H,2,8H2,1H3. The molecule has 19 heavy (non-hydrogen) atoms. The summed E-state index contributed by atoms with van der Waals surface area (Å²) in [7, 11) is -3.69. The second-order valence-corrected chi connectivity index (χ2v) is 5.66. The maximum atomic E-state index is 11.9. The molecular formula is C12H14N2O4S. The minimum Gasteiger partial charge on any atom is -0.508 e. The van der Waals surface area contributed by atoms with E-state index in [0.29, 0.717) is 18.1 Å². The number of phenolic OH excluding ortho intramolecular Hbond substituents is 1. The van der Waals surface area contributed by atoms with Crippen LogP contribution in [0.15, 0.2) is 39.8 Å². The summed E-state index contributed by atoms with van der Waals surface area (Å²) in [6.07, 6.45) is 2.27. The van der Waals surface area contributed by atoms with Crippen LogP contribution in [-0.4, -0.2) is 18.5 Å². The van der Waals surface area contributed by atoms with Crippen molar-refractivity contribution in [2.45, 2.75) is 24.8 Å². The van der Waals surface area contributed by atoms with Crippen LogP contribution in [-0.2, 0) is 23.0 Å². The summed E-state index contributed by atoms with van der Waals surface area (Å²) < 4.78 is 31.5. The Kier molecular flexibility index (Phi) is 3.87. The van der Waals surface area contributed by atoms with Crippen molar-refractivity contribution >= 4 is 10.0 Å². The molecule has 0 aliphatic rings. The Labute approximate surface area is 111 Å². The lowest BCUT2D eigenvalue weighted by Gasteiger charge is -2.05. The van der Waals surface area contributed by atoms with Gasteiger partial charge in [-0.05, 0) is 18.2 Å². The molecule has 0 saturated carbocycles. The first kappa shape index (κ1) is 13.6. The van der Waals surface area contributed by atoms with Crippen LogP contribution < -0.4 is 4.72 Å². The van der Waals surface area contributed by atoms with E-state index in [4.69, 9.17) is 4.42 Å². The highest BCUT2D eigenvalue weighted by atomic mass is 32.2. The van der Waals surface area contributed by atoms with Crippen molar-refractivity contribution in [2.75, 3.05) is 0 Å². The lowest BCUT2D eigenvalue weighted by Crippen LogP contribution is -2.23. The first-order valence-corrected chi connectivity index (χ1v) is 7.22. The minimum atomic E-state index is -3.69. The smallest absolute Gasteiger partial charge is 0.241 e. The predicted molar refractivity (Wildman–Crippen MR) is 68.0 cm³/mol. The van der Waals surface area contributed by atoms with Gasteiger partial charge >= 0.3 is 0 Å². The SMILES string of the molecule is CCc1cnc(CNS(=O)(=O)c2cccc(O)c2)o1. The van der Waals surface area contributed by atoms with Crippen molar-refractivity contribution in [3.05, 3.63) is 42.1 Å². The quantitative estimate of drug-likeness (QED) is 0.865. The third kappa shape index (κ3) is 3.33. The Bertz CT molecular complexity index is 664. The molecule has 102 valence electrons. The van der Waals surface area contributed by atoms with E-state index in [0.717, 1.165) is 0 Å². The van der Waals surface area contributed by atoms with Gasteiger partial charge in [0.1, 0.15) is 11.5 Å². The Morgan fingerprint density at radius 3 is 2.84 bits per heavy atom. The Morgan fingerprint density at radius 1 is 1.42 bits per heavy atom. The Hall–Kier alpha value is -1.86. The summed E-state index contributed by atoms with van der Waals surface area (Å²) in [5.41, 5.74) is 0. The zero-order valence-corrected chi connectivity index (χ0v) is 11.1. The third-order valence-corrected chi connectivity index (χ3v) is 3.89. The molecule has 0 bridgehead atoms. The molecule has 7 heteroatoms. The topological polar surface area (TPSA) is 92.4 Å². The Balaban J connectivity index is 2.09. The van der Waals surface area contributed by atoms with Gasteiger partial charge in [0.2, 0.25) is 15.9 Å². The predicted octanol–water partition coefficient (Wildman–Crippen LogP) is 1.42. The van der Waals surface area contributed by atoms with Crippen LogP contribution >= 0.6 is 0 Å². The summed E-state index contributed by atoms with van der Waals surface area (Å²) in [4.78, 5) is 3.95. The molecule has 0 fully saturated rings. The number of nitrogens with one attached hydrogen (secondary N) is 1. The molecule has 0 unspecified atom stereocenters. The molecule has 0 aliphatic carbocycles. The van der Waals surface area contributed by atoms with Crippen molar-refractivity contribution in [3.63, 3.8) is 0 Å². The number of aryl methyl sites for hydroxylation is 1. The number of rotatable bonds is 5. The largest absolute Gasteiger partial charge is 0.508 e. The monoisotopic (exact) mass is 282 g/mol. The number of nitrogens with zero attached hydrogens (tertiary/aromatic N) is 1. The van der Waals surface area contributed by atoms with Gasteiger partial charge in [-0.1, -0.05) is 13.0 Å². The van der Waals surface area contributed by atoms with Crippen molar-refractivity contribution in [1.82, 2.24) is 9.71 Å². The molecule has 0 saturated heterocycles. The summed E-state index contributed by atoms with van der Waals surface area (Å²) in [5, 5.41) is 9.27. The number of oxazole rings is 1. The molecule has 1 heterocycles. The molecule has 2 N–H and O–H groups in total. The van der Waals surface area contributed by atoms with Crippen LogP contribution in [0.4, 0.5) is 0 Å². The molecule has 1 aromatic heterocycles. The third-order valence-electron chi connectivity index (χ3n) is 2.49. The fourth-order valence-corrected chi connectivity index (χ4v) is 2.50. The fraction of sp³-hybridized carbons (Fsp3) is 0.250. The van der Waals surface area contributed by atoms with Gasteiger partial charge in [0, 0.05) is 6.42 Å². The van der Waals surface area contributed by atoms with Crippen LogP contribution in [0.2, 0.25) is 0 Å². The van der Waals surface area contributed by atoms with Crippen molar-refractivity contribution < 1.29 is 17.9 Å². The second-order valence-electron chi connectivity index (χ2n) is 3.90. The van der Waals surface area contributed by atoms with Gasteiger partial charge in [0.05, 0.1) is 17.6 Å². The van der Waals surface area contributed by atoms with Crippen LogP contribution in [0.25, 0.3) is 0 Å².